The Morgan fingerprint density at radius 2 is 2.19 bits per heavy atom. The van der Waals surface area contributed by atoms with Crippen molar-refractivity contribution in [2.75, 3.05) is 0 Å². The Balaban J connectivity index is 2.26. The maximum Gasteiger partial charge on any atom is 0.323 e. The number of rotatable bonds is 5. The summed E-state index contributed by atoms with van der Waals surface area (Å²) < 4.78 is 0. The predicted molar refractivity (Wildman–Crippen MR) is 82.5 cm³/mol. The zero-order valence-electron chi connectivity index (χ0n) is 12.0. The van der Waals surface area contributed by atoms with Crippen molar-refractivity contribution >= 4 is 17.5 Å². The second-order valence-electron chi connectivity index (χ2n) is 4.98. The summed E-state index contributed by atoms with van der Waals surface area (Å²) in [6.07, 6.45) is 2.22. The molecule has 1 aromatic carbocycles. The van der Waals surface area contributed by atoms with Crippen LogP contribution in [0.1, 0.15) is 36.3 Å². The Morgan fingerprint density at radius 3 is 2.76 bits per heavy atom. The molecule has 0 spiro atoms. The lowest BCUT2D eigenvalue weighted by atomic mass is 10.1. The normalized spacial score (nSPS) is 12.1. The van der Waals surface area contributed by atoms with Crippen LogP contribution in [0.15, 0.2) is 35.3 Å². The standard InChI is InChI=1S/C15H18ClN3O2/c1-3-10(2)19(9-11-5-4-6-12(16)7-11)14(20)13-8-17-15(21)18-13/h4-8,10H,3,9H2,1-2H3,(H2,17,18,21)/t10-/m1/s1. The van der Waals surface area contributed by atoms with E-state index in [4.69, 9.17) is 11.6 Å². The first-order valence-corrected chi connectivity index (χ1v) is 7.22. The van der Waals surface area contributed by atoms with Crippen LogP contribution in [0.5, 0.6) is 0 Å². The first-order valence-electron chi connectivity index (χ1n) is 6.84. The summed E-state index contributed by atoms with van der Waals surface area (Å²) >= 11 is 5.99. The van der Waals surface area contributed by atoms with Gasteiger partial charge in [-0.05, 0) is 31.0 Å². The number of hydrogen-bond acceptors (Lipinski definition) is 2. The molecule has 5 nitrogen and oxygen atoms in total. The van der Waals surface area contributed by atoms with Crippen LogP contribution in [0.3, 0.4) is 0 Å². The zero-order chi connectivity index (χ0) is 15.4. The van der Waals surface area contributed by atoms with E-state index in [9.17, 15) is 9.59 Å². The minimum Gasteiger partial charge on any atom is -0.330 e. The van der Waals surface area contributed by atoms with E-state index in [-0.39, 0.29) is 23.3 Å². The highest BCUT2D eigenvalue weighted by Gasteiger charge is 2.22. The Labute approximate surface area is 127 Å². The van der Waals surface area contributed by atoms with Crippen molar-refractivity contribution in [1.29, 1.82) is 0 Å². The topological polar surface area (TPSA) is 69.0 Å². The summed E-state index contributed by atoms with van der Waals surface area (Å²) in [6, 6.07) is 7.47. The molecule has 0 fully saturated rings. The fraction of sp³-hybridized carbons (Fsp3) is 0.333. The number of nitrogens with zero attached hydrogens (tertiary/aromatic N) is 1. The number of amides is 1. The molecule has 0 saturated carbocycles. The minimum atomic E-state index is -0.384. The Morgan fingerprint density at radius 1 is 1.43 bits per heavy atom. The third kappa shape index (κ3) is 3.76. The fourth-order valence-electron chi connectivity index (χ4n) is 2.08. The maximum atomic E-state index is 12.6. The maximum absolute atomic E-state index is 12.6. The van der Waals surface area contributed by atoms with Gasteiger partial charge in [-0.15, -0.1) is 0 Å². The summed E-state index contributed by atoms with van der Waals surface area (Å²) in [4.78, 5) is 30.4. The van der Waals surface area contributed by atoms with Gasteiger partial charge in [0.25, 0.3) is 5.91 Å². The van der Waals surface area contributed by atoms with Gasteiger partial charge < -0.3 is 14.9 Å². The van der Waals surface area contributed by atoms with Crippen LogP contribution >= 0.6 is 11.6 Å². The van der Waals surface area contributed by atoms with Gasteiger partial charge in [0.15, 0.2) is 0 Å². The van der Waals surface area contributed by atoms with Crippen molar-refractivity contribution in [2.45, 2.75) is 32.9 Å². The molecule has 1 aromatic heterocycles. The molecule has 1 heterocycles. The number of aromatic nitrogens is 2. The SMILES string of the molecule is CC[C@@H](C)N(Cc1cccc(Cl)c1)C(=O)c1c[nH]c(=O)[nH]1. The van der Waals surface area contributed by atoms with Gasteiger partial charge in [-0.25, -0.2) is 4.79 Å². The van der Waals surface area contributed by atoms with Crippen molar-refractivity contribution in [1.82, 2.24) is 14.9 Å². The predicted octanol–water partition coefficient (Wildman–Crippen LogP) is 2.80. The van der Waals surface area contributed by atoms with E-state index in [0.717, 1.165) is 12.0 Å². The van der Waals surface area contributed by atoms with Gasteiger partial charge in [-0.1, -0.05) is 30.7 Å². The molecule has 1 amide bonds. The van der Waals surface area contributed by atoms with E-state index in [0.29, 0.717) is 11.6 Å². The Bertz CT molecular complexity index is 677. The van der Waals surface area contributed by atoms with Gasteiger partial charge in [0, 0.05) is 23.8 Å². The largest absolute Gasteiger partial charge is 0.330 e. The lowest BCUT2D eigenvalue weighted by Gasteiger charge is -2.28. The van der Waals surface area contributed by atoms with Gasteiger partial charge in [0.05, 0.1) is 0 Å². The highest BCUT2D eigenvalue weighted by atomic mass is 35.5. The number of carbonyl (C=O) groups excluding carboxylic acids is 1. The van der Waals surface area contributed by atoms with E-state index < -0.39 is 0 Å². The van der Waals surface area contributed by atoms with E-state index >= 15 is 0 Å². The van der Waals surface area contributed by atoms with Crippen LogP contribution in [0, 0.1) is 0 Å². The molecule has 2 rings (SSSR count). The van der Waals surface area contributed by atoms with Crippen molar-refractivity contribution in [3.8, 4) is 0 Å². The lowest BCUT2D eigenvalue weighted by molar-refractivity contribution is 0.0666. The number of hydrogen-bond donors (Lipinski definition) is 2. The summed E-state index contributed by atoms with van der Waals surface area (Å²) in [5.41, 5.74) is 0.835. The van der Waals surface area contributed by atoms with E-state index in [2.05, 4.69) is 9.97 Å². The van der Waals surface area contributed by atoms with Gasteiger partial charge >= 0.3 is 5.69 Å². The number of H-pyrrole nitrogens is 2. The van der Waals surface area contributed by atoms with Gasteiger partial charge in [0.1, 0.15) is 5.69 Å². The molecule has 0 unspecified atom stereocenters. The van der Waals surface area contributed by atoms with E-state index in [1.165, 1.54) is 6.20 Å². The van der Waals surface area contributed by atoms with Crippen molar-refractivity contribution in [3.63, 3.8) is 0 Å². The number of imidazole rings is 1. The Kier molecular flexibility index (Phi) is 4.85. The molecular weight excluding hydrogens is 290 g/mol. The lowest BCUT2D eigenvalue weighted by Crippen LogP contribution is -2.38. The quantitative estimate of drug-likeness (QED) is 0.892. The molecule has 0 saturated heterocycles. The van der Waals surface area contributed by atoms with Crippen LogP contribution in [0.4, 0.5) is 0 Å². The first kappa shape index (κ1) is 15.4. The minimum absolute atomic E-state index is 0.0508. The molecule has 1 atom stereocenters. The number of nitrogens with one attached hydrogen (secondary N) is 2. The van der Waals surface area contributed by atoms with Gasteiger partial charge in [-0.2, -0.15) is 0 Å². The number of aromatic amines is 2. The smallest absolute Gasteiger partial charge is 0.323 e. The second kappa shape index (κ2) is 6.63. The molecule has 0 aliphatic carbocycles. The molecule has 0 bridgehead atoms. The Hall–Kier alpha value is -2.01. The van der Waals surface area contributed by atoms with Crippen LogP contribution < -0.4 is 5.69 Å². The molecule has 6 heteroatoms. The molecule has 0 radical (unpaired) electrons. The van der Waals surface area contributed by atoms with Crippen LogP contribution in [-0.2, 0) is 6.54 Å². The molecule has 112 valence electrons. The fourth-order valence-corrected chi connectivity index (χ4v) is 2.30. The summed E-state index contributed by atoms with van der Waals surface area (Å²) in [5.74, 6) is -0.206. The summed E-state index contributed by atoms with van der Waals surface area (Å²) in [6.45, 7) is 4.44. The van der Waals surface area contributed by atoms with Crippen LogP contribution in [0.25, 0.3) is 0 Å². The third-order valence-corrected chi connectivity index (χ3v) is 3.69. The molecule has 21 heavy (non-hydrogen) atoms. The molecule has 0 aliphatic heterocycles. The van der Waals surface area contributed by atoms with Crippen molar-refractivity contribution in [3.05, 3.63) is 57.2 Å². The highest BCUT2D eigenvalue weighted by molar-refractivity contribution is 6.30. The molecule has 2 aromatic rings. The van der Waals surface area contributed by atoms with Crippen molar-refractivity contribution in [2.24, 2.45) is 0 Å². The van der Waals surface area contributed by atoms with E-state index in [1.807, 2.05) is 32.0 Å². The first-order chi connectivity index (χ1) is 10.0. The average Bonchev–Trinajstić information content (AvgIpc) is 2.90. The molecular formula is C15H18ClN3O2. The molecule has 2 N–H and O–H groups in total. The zero-order valence-corrected chi connectivity index (χ0v) is 12.8. The monoisotopic (exact) mass is 307 g/mol. The van der Waals surface area contributed by atoms with Crippen molar-refractivity contribution < 1.29 is 4.79 Å². The van der Waals surface area contributed by atoms with Crippen LogP contribution in [-0.4, -0.2) is 26.8 Å². The average molecular weight is 308 g/mol. The summed E-state index contributed by atoms with van der Waals surface area (Å²) in [7, 11) is 0. The summed E-state index contributed by atoms with van der Waals surface area (Å²) in [5, 5.41) is 0.638. The molecule has 0 aliphatic rings. The number of carbonyl (C=O) groups is 1. The number of benzene rings is 1. The number of halogens is 1. The third-order valence-electron chi connectivity index (χ3n) is 3.45. The highest BCUT2D eigenvalue weighted by Crippen LogP contribution is 2.16. The van der Waals surface area contributed by atoms with Gasteiger partial charge in [-0.3, -0.25) is 4.79 Å². The second-order valence-corrected chi connectivity index (χ2v) is 5.41. The van der Waals surface area contributed by atoms with Crippen LogP contribution in [0.2, 0.25) is 5.02 Å². The van der Waals surface area contributed by atoms with E-state index in [1.54, 1.807) is 11.0 Å². The van der Waals surface area contributed by atoms with Gasteiger partial charge in [0.2, 0.25) is 0 Å².